The van der Waals surface area contributed by atoms with Crippen LogP contribution in [0.1, 0.15) is 34.1 Å². The van der Waals surface area contributed by atoms with Crippen LogP contribution in [0.2, 0.25) is 0 Å². The molecule has 0 atom stereocenters. The fourth-order valence-corrected chi connectivity index (χ4v) is 1.26. The lowest BCUT2D eigenvalue weighted by Crippen LogP contribution is -2.29. The first kappa shape index (κ1) is 16.1. The first-order valence-corrected chi connectivity index (χ1v) is 5.90. The molecule has 0 fully saturated rings. The van der Waals surface area contributed by atoms with Gasteiger partial charge < -0.3 is 14.8 Å². The Morgan fingerprint density at radius 2 is 1.65 bits per heavy atom. The normalized spacial score (nSPS) is 12.9. The second-order valence-corrected chi connectivity index (χ2v) is 4.54. The lowest BCUT2D eigenvalue weighted by molar-refractivity contribution is -0.123. The Morgan fingerprint density at radius 3 is 2.06 bits per heavy atom. The quantitative estimate of drug-likeness (QED) is 0.550. The predicted molar refractivity (Wildman–Crippen MR) is 68.6 cm³/mol. The fraction of sp³-hybridized carbons (Fsp3) is 0.769. The number of methoxy groups -OCH3 is 2. The van der Waals surface area contributed by atoms with Crippen molar-refractivity contribution in [3.05, 3.63) is 11.1 Å². The SMILES string of the molecule is COC(C/C(C)=C(\C)CNC(=O)C(C)C)OC. The van der Waals surface area contributed by atoms with Crippen LogP contribution in [-0.4, -0.2) is 33.0 Å². The van der Waals surface area contributed by atoms with Gasteiger partial charge in [-0.2, -0.15) is 0 Å². The highest BCUT2D eigenvalue weighted by Gasteiger charge is 2.09. The number of ether oxygens (including phenoxy) is 2. The number of carbonyl (C=O) groups excluding carboxylic acids is 1. The van der Waals surface area contributed by atoms with E-state index < -0.39 is 0 Å². The second kappa shape index (κ2) is 8.25. The van der Waals surface area contributed by atoms with E-state index in [0.29, 0.717) is 6.54 Å². The molecular weight excluding hydrogens is 218 g/mol. The molecule has 0 aromatic heterocycles. The maximum Gasteiger partial charge on any atom is 0.222 e. The Morgan fingerprint density at radius 1 is 1.12 bits per heavy atom. The Labute approximate surface area is 104 Å². The van der Waals surface area contributed by atoms with Gasteiger partial charge in [0.15, 0.2) is 6.29 Å². The minimum absolute atomic E-state index is 0.0220. The summed E-state index contributed by atoms with van der Waals surface area (Å²) < 4.78 is 10.3. The number of hydrogen-bond donors (Lipinski definition) is 1. The summed E-state index contributed by atoms with van der Waals surface area (Å²) in [5.41, 5.74) is 2.33. The van der Waals surface area contributed by atoms with Crippen LogP contribution in [0.3, 0.4) is 0 Å². The van der Waals surface area contributed by atoms with Gasteiger partial charge >= 0.3 is 0 Å². The van der Waals surface area contributed by atoms with Crippen molar-refractivity contribution in [3.8, 4) is 0 Å². The van der Waals surface area contributed by atoms with Crippen LogP contribution < -0.4 is 5.32 Å². The van der Waals surface area contributed by atoms with E-state index in [1.165, 1.54) is 5.57 Å². The van der Waals surface area contributed by atoms with Gasteiger partial charge in [0.25, 0.3) is 0 Å². The van der Waals surface area contributed by atoms with Gasteiger partial charge in [0.05, 0.1) is 0 Å². The van der Waals surface area contributed by atoms with E-state index >= 15 is 0 Å². The molecule has 0 aliphatic carbocycles. The van der Waals surface area contributed by atoms with Gasteiger partial charge in [-0.3, -0.25) is 4.79 Å². The van der Waals surface area contributed by atoms with E-state index in [4.69, 9.17) is 9.47 Å². The largest absolute Gasteiger partial charge is 0.356 e. The average Bonchev–Trinajstić information content (AvgIpc) is 2.31. The Hall–Kier alpha value is -0.870. The molecule has 0 rings (SSSR count). The van der Waals surface area contributed by atoms with Gasteiger partial charge in [0.2, 0.25) is 5.91 Å². The molecule has 0 aliphatic rings. The van der Waals surface area contributed by atoms with E-state index in [9.17, 15) is 4.79 Å². The molecule has 1 amide bonds. The number of nitrogens with one attached hydrogen (secondary N) is 1. The van der Waals surface area contributed by atoms with Crippen LogP contribution in [0.15, 0.2) is 11.1 Å². The van der Waals surface area contributed by atoms with Crippen LogP contribution in [0.5, 0.6) is 0 Å². The highest BCUT2D eigenvalue weighted by molar-refractivity contribution is 5.78. The van der Waals surface area contributed by atoms with Crippen molar-refractivity contribution in [1.29, 1.82) is 0 Å². The van der Waals surface area contributed by atoms with Crippen molar-refractivity contribution in [2.45, 2.75) is 40.4 Å². The lowest BCUT2D eigenvalue weighted by Gasteiger charge is -2.16. The molecule has 4 nitrogen and oxygen atoms in total. The molecule has 100 valence electrons. The summed E-state index contributed by atoms with van der Waals surface area (Å²) in [6, 6.07) is 0. The molecule has 1 N–H and O–H groups in total. The molecular formula is C13H25NO3. The summed E-state index contributed by atoms with van der Waals surface area (Å²) in [6.45, 7) is 8.39. The smallest absolute Gasteiger partial charge is 0.222 e. The highest BCUT2D eigenvalue weighted by atomic mass is 16.7. The molecule has 0 aromatic carbocycles. The first-order valence-electron chi connectivity index (χ1n) is 5.90. The van der Waals surface area contributed by atoms with Crippen LogP contribution >= 0.6 is 0 Å². The van der Waals surface area contributed by atoms with Gasteiger partial charge in [0, 0.05) is 33.1 Å². The molecule has 0 spiro atoms. The third kappa shape index (κ3) is 6.44. The molecule has 0 radical (unpaired) electrons. The second-order valence-electron chi connectivity index (χ2n) is 4.54. The molecule has 0 saturated heterocycles. The van der Waals surface area contributed by atoms with Crippen molar-refractivity contribution in [3.63, 3.8) is 0 Å². The van der Waals surface area contributed by atoms with Gasteiger partial charge in [-0.05, 0) is 13.8 Å². The predicted octanol–water partition coefficient (Wildman–Crippen LogP) is 2.10. The number of hydrogen-bond acceptors (Lipinski definition) is 3. The van der Waals surface area contributed by atoms with Crippen molar-refractivity contribution >= 4 is 5.91 Å². The molecule has 0 unspecified atom stereocenters. The number of rotatable bonds is 7. The molecule has 0 bridgehead atoms. The summed E-state index contributed by atoms with van der Waals surface area (Å²) in [5, 5.41) is 2.89. The topological polar surface area (TPSA) is 47.6 Å². The lowest BCUT2D eigenvalue weighted by atomic mass is 10.1. The zero-order valence-electron chi connectivity index (χ0n) is 11.8. The van der Waals surface area contributed by atoms with Crippen LogP contribution in [0, 0.1) is 5.92 Å². The molecule has 0 saturated carbocycles. The zero-order valence-corrected chi connectivity index (χ0v) is 11.8. The van der Waals surface area contributed by atoms with Crippen molar-refractivity contribution < 1.29 is 14.3 Å². The van der Waals surface area contributed by atoms with Crippen LogP contribution in [-0.2, 0) is 14.3 Å². The van der Waals surface area contributed by atoms with E-state index in [2.05, 4.69) is 5.32 Å². The van der Waals surface area contributed by atoms with Gasteiger partial charge in [-0.25, -0.2) is 0 Å². The molecule has 0 aliphatic heterocycles. The monoisotopic (exact) mass is 243 g/mol. The van der Waals surface area contributed by atoms with Gasteiger partial charge in [-0.15, -0.1) is 0 Å². The molecule has 0 aromatic rings. The maximum absolute atomic E-state index is 11.4. The van der Waals surface area contributed by atoms with Gasteiger partial charge in [-0.1, -0.05) is 25.0 Å². The third-order valence-corrected chi connectivity index (χ3v) is 2.78. The minimum Gasteiger partial charge on any atom is -0.356 e. The Kier molecular flexibility index (Phi) is 7.83. The number of amides is 1. The standard InChI is InChI=1S/C13H25NO3/c1-9(2)13(15)14-8-11(4)10(3)7-12(16-5)17-6/h9,12H,7-8H2,1-6H3,(H,14,15)/b11-10+. The Bertz CT molecular complexity index is 268. The van der Waals surface area contributed by atoms with Crippen LogP contribution in [0.25, 0.3) is 0 Å². The molecule has 4 heteroatoms. The highest BCUT2D eigenvalue weighted by Crippen LogP contribution is 2.12. The number of carbonyl (C=O) groups is 1. The fourth-order valence-electron chi connectivity index (χ4n) is 1.26. The van der Waals surface area contributed by atoms with Crippen LogP contribution in [0.4, 0.5) is 0 Å². The Balaban J connectivity index is 4.25. The van der Waals surface area contributed by atoms with E-state index in [0.717, 1.165) is 12.0 Å². The third-order valence-electron chi connectivity index (χ3n) is 2.78. The molecule has 0 heterocycles. The first-order chi connectivity index (χ1) is 7.92. The zero-order chi connectivity index (χ0) is 13.4. The summed E-state index contributed by atoms with van der Waals surface area (Å²) in [6.07, 6.45) is 0.502. The maximum atomic E-state index is 11.4. The average molecular weight is 243 g/mol. The van der Waals surface area contributed by atoms with Gasteiger partial charge in [0.1, 0.15) is 0 Å². The van der Waals surface area contributed by atoms with Crippen molar-refractivity contribution in [2.24, 2.45) is 5.92 Å². The minimum atomic E-state index is -0.217. The van der Waals surface area contributed by atoms with E-state index in [1.807, 2.05) is 27.7 Å². The summed E-state index contributed by atoms with van der Waals surface area (Å²) in [7, 11) is 3.24. The van der Waals surface area contributed by atoms with E-state index in [-0.39, 0.29) is 18.1 Å². The van der Waals surface area contributed by atoms with Crippen molar-refractivity contribution in [1.82, 2.24) is 5.32 Å². The van der Waals surface area contributed by atoms with E-state index in [1.54, 1.807) is 14.2 Å². The summed E-state index contributed by atoms with van der Waals surface area (Å²) >= 11 is 0. The molecule has 17 heavy (non-hydrogen) atoms. The van der Waals surface area contributed by atoms with Crippen molar-refractivity contribution in [2.75, 3.05) is 20.8 Å². The summed E-state index contributed by atoms with van der Waals surface area (Å²) in [5.74, 6) is 0.0981. The summed E-state index contributed by atoms with van der Waals surface area (Å²) in [4.78, 5) is 11.4.